The van der Waals surface area contributed by atoms with Crippen molar-refractivity contribution in [2.75, 3.05) is 13.1 Å². The van der Waals surface area contributed by atoms with E-state index in [0.29, 0.717) is 16.5 Å². The maximum Gasteiger partial charge on any atom is 0.253 e. The number of halogens is 1. The summed E-state index contributed by atoms with van der Waals surface area (Å²) in [4.78, 5) is 14.6. The largest absolute Gasteiger partial charge is 0.339 e. The van der Waals surface area contributed by atoms with Gasteiger partial charge in [-0.25, -0.2) is 0 Å². The lowest BCUT2D eigenvalue weighted by Gasteiger charge is -2.31. The van der Waals surface area contributed by atoms with Crippen molar-refractivity contribution in [1.29, 1.82) is 0 Å². The van der Waals surface area contributed by atoms with Crippen LogP contribution >= 0.6 is 22.9 Å². The molecule has 0 bridgehead atoms. The molecule has 0 spiro atoms. The van der Waals surface area contributed by atoms with Crippen LogP contribution in [0.2, 0.25) is 5.02 Å². The first kappa shape index (κ1) is 17.9. The van der Waals surface area contributed by atoms with Crippen molar-refractivity contribution in [1.82, 2.24) is 15.1 Å². The van der Waals surface area contributed by atoms with Crippen LogP contribution in [0.25, 0.3) is 0 Å². The van der Waals surface area contributed by atoms with Crippen LogP contribution in [0.3, 0.4) is 0 Å². The van der Waals surface area contributed by atoms with E-state index in [9.17, 15) is 4.79 Å². The van der Waals surface area contributed by atoms with Gasteiger partial charge in [0.15, 0.2) is 0 Å². The zero-order valence-corrected chi connectivity index (χ0v) is 16.4. The third kappa shape index (κ3) is 4.09. The Kier molecular flexibility index (Phi) is 5.55. The molecule has 0 atom stereocenters. The number of likely N-dealkylation sites (tertiary alicyclic amines) is 1. The van der Waals surface area contributed by atoms with Crippen molar-refractivity contribution in [3.8, 4) is 0 Å². The third-order valence-corrected chi connectivity index (χ3v) is 6.97. The second-order valence-corrected chi connectivity index (χ2v) is 9.00. The van der Waals surface area contributed by atoms with E-state index in [1.807, 2.05) is 17.0 Å². The smallest absolute Gasteiger partial charge is 0.253 e. The standard InChI is InChI=1S/C20H24ClN3OS/c21-17-7-3-6-16(13-17)20(25)24-10-8-15(9-11-24)19-23-22-18(26-19)12-14-4-1-2-5-14/h3,6-7,13-15H,1-2,4-5,8-12H2. The normalized spacial score (nSPS) is 19.2. The highest BCUT2D eigenvalue weighted by molar-refractivity contribution is 7.11. The van der Waals surface area contributed by atoms with Gasteiger partial charge in [-0.3, -0.25) is 4.79 Å². The van der Waals surface area contributed by atoms with Crippen LogP contribution in [0.5, 0.6) is 0 Å². The van der Waals surface area contributed by atoms with Gasteiger partial charge in [-0.15, -0.1) is 21.5 Å². The summed E-state index contributed by atoms with van der Waals surface area (Å²) in [5, 5.41) is 11.9. The monoisotopic (exact) mass is 389 g/mol. The molecule has 2 aliphatic rings. The molecule has 26 heavy (non-hydrogen) atoms. The quantitative estimate of drug-likeness (QED) is 0.743. The molecule has 2 aromatic rings. The maximum absolute atomic E-state index is 12.6. The zero-order chi connectivity index (χ0) is 17.9. The highest BCUT2D eigenvalue weighted by Crippen LogP contribution is 2.33. The molecule has 138 valence electrons. The van der Waals surface area contributed by atoms with E-state index in [2.05, 4.69) is 10.2 Å². The number of rotatable bonds is 4. The molecular weight excluding hydrogens is 366 g/mol. The fourth-order valence-electron chi connectivity index (χ4n) is 4.11. The molecule has 4 nitrogen and oxygen atoms in total. The first-order chi connectivity index (χ1) is 12.7. The number of nitrogens with zero attached hydrogens (tertiary/aromatic N) is 3. The minimum atomic E-state index is 0.0742. The fraction of sp³-hybridized carbons (Fsp3) is 0.550. The summed E-state index contributed by atoms with van der Waals surface area (Å²) in [5.74, 6) is 1.33. The minimum Gasteiger partial charge on any atom is -0.339 e. The van der Waals surface area contributed by atoms with Gasteiger partial charge in [0, 0.05) is 36.0 Å². The lowest BCUT2D eigenvalue weighted by Crippen LogP contribution is -2.37. The number of piperidine rings is 1. The number of amides is 1. The van der Waals surface area contributed by atoms with E-state index in [1.54, 1.807) is 23.5 Å². The third-order valence-electron chi connectivity index (χ3n) is 5.62. The number of carbonyl (C=O) groups is 1. The molecule has 1 saturated carbocycles. The molecule has 0 radical (unpaired) electrons. The van der Waals surface area contributed by atoms with Gasteiger partial charge in [0.05, 0.1) is 0 Å². The number of hydrogen-bond acceptors (Lipinski definition) is 4. The number of hydrogen-bond donors (Lipinski definition) is 0. The second kappa shape index (κ2) is 8.05. The Morgan fingerprint density at radius 2 is 1.92 bits per heavy atom. The van der Waals surface area contributed by atoms with Gasteiger partial charge in [0.2, 0.25) is 0 Å². The van der Waals surface area contributed by atoms with Crippen molar-refractivity contribution < 1.29 is 4.79 Å². The molecule has 2 heterocycles. The maximum atomic E-state index is 12.6. The van der Waals surface area contributed by atoms with E-state index in [1.165, 1.54) is 30.7 Å². The Hall–Kier alpha value is -1.46. The van der Waals surface area contributed by atoms with E-state index in [0.717, 1.165) is 43.3 Å². The van der Waals surface area contributed by atoms with E-state index < -0.39 is 0 Å². The minimum absolute atomic E-state index is 0.0742. The van der Waals surface area contributed by atoms with Crippen LogP contribution in [-0.4, -0.2) is 34.1 Å². The summed E-state index contributed by atoms with van der Waals surface area (Å²) in [6, 6.07) is 7.20. The molecule has 1 aliphatic carbocycles. The molecular formula is C20H24ClN3OS. The summed E-state index contributed by atoms with van der Waals surface area (Å²) in [5.41, 5.74) is 0.672. The van der Waals surface area contributed by atoms with Crippen molar-refractivity contribution in [2.45, 2.75) is 50.9 Å². The summed E-state index contributed by atoms with van der Waals surface area (Å²) in [6.07, 6.45) is 8.46. The molecule has 1 saturated heterocycles. The molecule has 1 aliphatic heterocycles. The molecule has 1 aromatic carbocycles. The predicted octanol–water partition coefficient (Wildman–Crippen LogP) is 4.94. The summed E-state index contributed by atoms with van der Waals surface area (Å²) in [6.45, 7) is 1.54. The molecule has 0 unspecified atom stereocenters. The van der Waals surface area contributed by atoms with Gasteiger partial charge in [0.25, 0.3) is 5.91 Å². The van der Waals surface area contributed by atoms with Crippen molar-refractivity contribution in [2.24, 2.45) is 5.92 Å². The van der Waals surface area contributed by atoms with Gasteiger partial charge in [-0.05, 0) is 37.0 Å². The predicted molar refractivity (Wildman–Crippen MR) is 105 cm³/mol. The van der Waals surface area contributed by atoms with Gasteiger partial charge in [-0.1, -0.05) is 43.4 Å². The SMILES string of the molecule is O=C(c1cccc(Cl)c1)N1CCC(c2nnc(CC3CCCC3)s2)CC1. The van der Waals surface area contributed by atoms with Crippen LogP contribution in [0.4, 0.5) is 0 Å². The Labute approximate surface area is 163 Å². The molecule has 1 aromatic heterocycles. The van der Waals surface area contributed by atoms with E-state index in [-0.39, 0.29) is 5.91 Å². The average Bonchev–Trinajstić information content (AvgIpc) is 3.34. The van der Waals surface area contributed by atoms with E-state index in [4.69, 9.17) is 11.6 Å². The Morgan fingerprint density at radius 3 is 2.65 bits per heavy atom. The average molecular weight is 390 g/mol. The Bertz CT molecular complexity index is 764. The second-order valence-electron chi connectivity index (χ2n) is 7.47. The van der Waals surface area contributed by atoms with Gasteiger partial charge >= 0.3 is 0 Å². The first-order valence-electron chi connectivity index (χ1n) is 9.56. The Balaban J connectivity index is 1.33. The summed E-state index contributed by atoms with van der Waals surface area (Å²) < 4.78 is 0. The van der Waals surface area contributed by atoms with Crippen LogP contribution in [-0.2, 0) is 6.42 Å². The number of carbonyl (C=O) groups excluding carboxylic acids is 1. The van der Waals surface area contributed by atoms with Crippen LogP contribution < -0.4 is 0 Å². The molecule has 6 heteroatoms. The van der Waals surface area contributed by atoms with Crippen molar-refractivity contribution >= 4 is 28.8 Å². The molecule has 2 fully saturated rings. The van der Waals surface area contributed by atoms with Crippen molar-refractivity contribution in [3.63, 3.8) is 0 Å². The zero-order valence-electron chi connectivity index (χ0n) is 14.9. The Morgan fingerprint density at radius 1 is 1.15 bits per heavy atom. The lowest BCUT2D eigenvalue weighted by atomic mass is 9.97. The molecule has 4 rings (SSSR count). The highest BCUT2D eigenvalue weighted by Gasteiger charge is 2.27. The van der Waals surface area contributed by atoms with Gasteiger partial charge < -0.3 is 4.90 Å². The van der Waals surface area contributed by atoms with Gasteiger partial charge in [-0.2, -0.15) is 0 Å². The first-order valence-corrected chi connectivity index (χ1v) is 10.8. The molecule has 1 amide bonds. The van der Waals surface area contributed by atoms with Crippen LogP contribution in [0.15, 0.2) is 24.3 Å². The topological polar surface area (TPSA) is 46.1 Å². The van der Waals surface area contributed by atoms with Crippen LogP contribution in [0.1, 0.15) is 64.8 Å². The highest BCUT2D eigenvalue weighted by atomic mass is 35.5. The number of benzene rings is 1. The summed E-state index contributed by atoms with van der Waals surface area (Å²) >= 11 is 7.80. The van der Waals surface area contributed by atoms with Gasteiger partial charge in [0.1, 0.15) is 10.0 Å². The summed E-state index contributed by atoms with van der Waals surface area (Å²) in [7, 11) is 0. The van der Waals surface area contributed by atoms with Crippen LogP contribution in [0, 0.1) is 5.92 Å². The number of aromatic nitrogens is 2. The molecule has 0 N–H and O–H groups in total. The lowest BCUT2D eigenvalue weighted by molar-refractivity contribution is 0.0713. The van der Waals surface area contributed by atoms with E-state index >= 15 is 0 Å². The van der Waals surface area contributed by atoms with Crippen molar-refractivity contribution in [3.05, 3.63) is 44.9 Å². The fourth-order valence-corrected chi connectivity index (χ4v) is 5.43.